The van der Waals surface area contributed by atoms with Crippen LogP contribution in [-0.4, -0.2) is 16.2 Å². The van der Waals surface area contributed by atoms with Gasteiger partial charge in [-0.3, -0.25) is 5.73 Å². The molecule has 0 saturated carbocycles. The monoisotopic (exact) mass is 301 g/mol. The second-order valence-electron chi connectivity index (χ2n) is 5.32. The summed E-state index contributed by atoms with van der Waals surface area (Å²) in [6.45, 7) is 4.32. The van der Waals surface area contributed by atoms with E-state index in [1.807, 2.05) is 30.5 Å². The Balaban J connectivity index is 2.17. The van der Waals surface area contributed by atoms with E-state index in [9.17, 15) is 0 Å². The fraction of sp³-hybridized carbons (Fsp3) is 0.267. The molecule has 5 nitrogen and oxygen atoms in total. The molecule has 0 amide bonds. The fourth-order valence-corrected chi connectivity index (χ4v) is 3.55. The van der Waals surface area contributed by atoms with Crippen molar-refractivity contribution in [3.05, 3.63) is 47.8 Å². The number of hydrogen-bond donors (Lipinski definition) is 4. The van der Waals surface area contributed by atoms with Crippen molar-refractivity contribution in [3.63, 3.8) is 0 Å². The molecule has 110 valence electrons. The lowest BCUT2D eigenvalue weighted by atomic mass is 9.95. The number of nitrogens with zero attached hydrogens (tertiary/aromatic N) is 1. The van der Waals surface area contributed by atoms with Crippen LogP contribution in [0.25, 0.3) is 0 Å². The summed E-state index contributed by atoms with van der Waals surface area (Å²) >= 11 is 1.77. The molecule has 1 aliphatic rings. The van der Waals surface area contributed by atoms with Crippen molar-refractivity contribution in [1.29, 1.82) is 0 Å². The largest absolute Gasteiger partial charge is 0.370 e. The van der Waals surface area contributed by atoms with Gasteiger partial charge in [-0.1, -0.05) is 32.0 Å². The Kier molecular flexibility index (Phi) is 3.43. The van der Waals surface area contributed by atoms with Crippen molar-refractivity contribution in [3.8, 4) is 0 Å². The van der Waals surface area contributed by atoms with Crippen LogP contribution in [0, 0.1) is 0 Å². The Hall–Kier alpha value is -1.92. The minimum absolute atomic E-state index is 0.328. The highest BCUT2D eigenvalue weighted by molar-refractivity contribution is 8.00. The Morgan fingerprint density at radius 1 is 1.24 bits per heavy atom. The van der Waals surface area contributed by atoms with Gasteiger partial charge >= 0.3 is 0 Å². The number of rotatable bonds is 3. The van der Waals surface area contributed by atoms with Gasteiger partial charge in [-0.15, -0.1) is 11.8 Å². The topological polar surface area (TPSA) is 92.2 Å². The van der Waals surface area contributed by atoms with Gasteiger partial charge in [0.05, 0.1) is 11.4 Å². The summed E-state index contributed by atoms with van der Waals surface area (Å²) in [5.41, 5.74) is 14.2. The van der Waals surface area contributed by atoms with Crippen molar-refractivity contribution in [2.45, 2.75) is 29.7 Å². The minimum Gasteiger partial charge on any atom is -0.370 e. The molecule has 0 bridgehead atoms. The van der Waals surface area contributed by atoms with E-state index in [1.165, 1.54) is 0 Å². The molecule has 0 fully saturated rings. The number of fused-ring (bicyclic) bond motifs is 1. The zero-order valence-electron chi connectivity index (χ0n) is 12.1. The zero-order valence-corrected chi connectivity index (χ0v) is 12.9. The number of nitrogens with two attached hydrogens (primary N) is 2. The van der Waals surface area contributed by atoms with Crippen molar-refractivity contribution in [2.24, 2.45) is 16.5 Å². The first-order chi connectivity index (χ1) is 10.0. The smallest absolute Gasteiger partial charge is 0.195 e. The van der Waals surface area contributed by atoms with Gasteiger partial charge in [0.25, 0.3) is 0 Å². The lowest BCUT2D eigenvalue weighted by molar-refractivity contribution is 0.541. The Morgan fingerprint density at radius 2 is 2.00 bits per heavy atom. The fourth-order valence-electron chi connectivity index (χ4n) is 2.53. The van der Waals surface area contributed by atoms with Crippen molar-refractivity contribution in [2.75, 3.05) is 5.32 Å². The van der Waals surface area contributed by atoms with Crippen LogP contribution < -0.4 is 16.8 Å². The third kappa shape index (κ3) is 2.41. The summed E-state index contributed by atoms with van der Waals surface area (Å²) in [5, 5.41) is 3.49. The van der Waals surface area contributed by atoms with E-state index in [-0.39, 0.29) is 0 Å². The quantitative estimate of drug-likeness (QED) is 0.655. The number of thioether (sulfide) groups is 1. The molecular weight excluding hydrogens is 282 g/mol. The van der Waals surface area contributed by atoms with Gasteiger partial charge in [0.1, 0.15) is 0 Å². The summed E-state index contributed by atoms with van der Waals surface area (Å²) in [6.07, 6.45) is 1.84. The third-order valence-electron chi connectivity index (χ3n) is 3.35. The summed E-state index contributed by atoms with van der Waals surface area (Å²) in [6, 6.07) is 9.99. The van der Waals surface area contributed by atoms with E-state index < -0.39 is 5.66 Å². The first kappa shape index (κ1) is 14.0. The maximum atomic E-state index is 6.65. The number of aliphatic imine (C=N–C) groups is 1. The maximum absolute atomic E-state index is 6.65. The molecule has 1 aromatic heterocycles. The Bertz CT molecular complexity index is 691. The minimum atomic E-state index is -0.993. The first-order valence-corrected chi connectivity index (χ1v) is 7.74. The van der Waals surface area contributed by atoms with Crippen molar-refractivity contribution < 1.29 is 0 Å². The number of aromatic amines is 1. The first-order valence-electron chi connectivity index (χ1n) is 6.86. The molecule has 21 heavy (non-hydrogen) atoms. The molecule has 0 saturated heterocycles. The molecule has 0 spiro atoms. The summed E-state index contributed by atoms with van der Waals surface area (Å²) in [7, 11) is 0. The van der Waals surface area contributed by atoms with Crippen LogP contribution in [0.2, 0.25) is 0 Å². The molecule has 1 unspecified atom stereocenters. The molecule has 0 radical (unpaired) electrons. The van der Waals surface area contributed by atoms with Gasteiger partial charge in [0.2, 0.25) is 0 Å². The Morgan fingerprint density at radius 3 is 2.76 bits per heavy atom. The molecule has 6 N–H and O–H groups in total. The standard InChI is InChI=1S/C15H19N5S/c1-9(2)21-12-6-4-3-5-10(12)15(17)13-11(7-8-18-13)19-14(16)20-15/h3-9,18H,17H2,1-2H3,(H3,16,19,20). The molecule has 0 aliphatic carbocycles. The summed E-state index contributed by atoms with van der Waals surface area (Å²) < 4.78 is 0. The average Bonchev–Trinajstić information content (AvgIpc) is 2.87. The van der Waals surface area contributed by atoms with Crippen LogP contribution in [0.1, 0.15) is 25.1 Å². The molecule has 2 aromatic rings. The number of aromatic nitrogens is 1. The van der Waals surface area contributed by atoms with E-state index in [0.717, 1.165) is 21.8 Å². The summed E-state index contributed by atoms with van der Waals surface area (Å²) in [5.74, 6) is 0.328. The molecule has 1 aliphatic heterocycles. The van der Waals surface area contributed by atoms with Crippen LogP contribution in [-0.2, 0) is 5.66 Å². The maximum Gasteiger partial charge on any atom is 0.195 e. The number of guanidine groups is 1. The SMILES string of the molecule is CC(C)Sc1ccccc1C1(N)N=C(N)Nc2cc[nH]c21. The molecule has 1 atom stereocenters. The van der Waals surface area contributed by atoms with Crippen molar-refractivity contribution in [1.82, 2.24) is 4.98 Å². The predicted octanol–water partition coefficient (Wildman–Crippen LogP) is 2.42. The van der Waals surface area contributed by atoms with E-state index in [1.54, 1.807) is 11.8 Å². The van der Waals surface area contributed by atoms with Crippen LogP contribution in [0.4, 0.5) is 5.69 Å². The molecule has 6 heteroatoms. The van der Waals surface area contributed by atoms with Gasteiger partial charge in [0.15, 0.2) is 11.6 Å². The third-order valence-corrected chi connectivity index (χ3v) is 4.43. The van der Waals surface area contributed by atoms with Crippen LogP contribution in [0.3, 0.4) is 0 Å². The lowest BCUT2D eigenvalue weighted by Crippen LogP contribution is -2.44. The van der Waals surface area contributed by atoms with E-state index in [2.05, 4.69) is 35.2 Å². The second-order valence-corrected chi connectivity index (χ2v) is 6.94. The Labute approximate surface area is 128 Å². The summed E-state index contributed by atoms with van der Waals surface area (Å²) in [4.78, 5) is 8.79. The average molecular weight is 301 g/mol. The highest BCUT2D eigenvalue weighted by atomic mass is 32.2. The highest BCUT2D eigenvalue weighted by Crippen LogP contribution is 2.40. The molecule has 1 aromatic carbocycles. The van der Waals surface area contributed by atoms with Crippen LogP contribution in [0.15, 0.2) is 46.4 Å². The normalized spacial score (nSPS) is 20.9. The predicted molar refractivity (Wildman–Crippen MR) is 88.4 cm³/mol. The van der Waals surface area contributed by atoms with Crippen LogP contribution >= 0.6 is 11.8 Å². The molecule has 3 rings (SSSR count). The number of nitrogens with one attached hydrogen (secondary N) is 2. The number of hydrogen-bond acceptors (Lipinski definition) is 5. The van der Waals surface area contributed by atoms with Gasteiger partial charge in [-0.25, -0.2) is 4.99 Å². The van der Waals surface area contributed by atoms with Gasteiger partial charge in [-0.2, -0.15) is 0 Å². The van der Waals surface area contributed by atoms with Gasteiger partial charge < -0.3 is 16.0 Å². The van der Waals surface area contributed by atoms with E-state index in [4.69, 9.17) is 11.5 Å². The van der Waals surface area contributed by atoms with Crippen molar-refractivity contribution >= 4 is 23.4 Å². The van der Waals surface area contributed by atoms with Crippen LogP contribution in [0.5, 0.6) is 0 Å². The van der Waals surface area contributed by atoms with E-state index in [0.29, 0.717) is 11.2 Å². The lowest BCUT2D eigenvalue weighted by Gasteiger charge is -2.32. The number of benzene rings is 1. The van der Waals surface area contributed by atoms with Gasteiger partial charge in [-0.05, 0) is 12.1 Å². The number of anilines is 1. The highest BCUT2D eigenvalue weighted by Gasteiger charge is 2.38. The van der Waals surface area contributed by atoms with E-state index >= 15 is 0 Å². The number of H-pyrrole nitrogens is 1. The van der Waals surface area contributed by atoms with Gasteiger partial charge in [0, 0.05) is 21.9 Å². The molecule has 2 heterocycles. The second kappa shape index (κ2) is 5.13. The zero-order chi connectivity index (χ0) is 15.0. The molecular formula is C15H19N5S.